The minimum Gasteiger partial charge on any atom is -0.483 e. The van der Waals surface area contributed by atoms with E-state index in [0.717, 1.165) is 30.9 Å². The molecule has 1 saturated heterocycles. The van der Waals surface area contributed by atoms with Crippen molar-refractivity contribution in [2.75, 3.05) is 6.54 Å². The second kappa shape index (κ2) is 12.0. The van der Waals surface area contributed by atoms with Crippen LogP contribution in [-0.4, -0.2) is 55.7 Å². The summed E-state index contributed by atoms with van der Waals surface area (Å²) in [6, 6.07) is 6.91. The summed E-state index contributed by atoms with van der Waals surface area (Å²) < 4.78 is 123. The number of alkyl halides is 7. The lowest BCUT2D eigenvalue weighted by molar-refractivity contribution is -0.348. The molecule has 1 N–H and O–H groups in total. The van der Waals surface area contributed by atoms with Gasteiger partial charge in [-0.25, -0.2) is 12.8 Å². The third-order valence-electron chi connectivity index (χ3n) is 9.11. The summed E-state index contributed by atoms with van der Waals surface area (Å²) in [4.78, 5) is 23.5. The van der Waals surface area contributed by atoms with E-state index in [9.17, 15) is 43.9 Å². The number of fused-ring (bicyclic) bond motifs is 3. The van der Waals surface area contributed by atoms with Gasteiger partial charge >= 0.3 is 18.0 Å². The van der Waals surface area contributed by atoms with Crippen molar-refractivity contribution >= 4 is 22.2 Å². The molecule has 6 nitrogen and oxygen atoms in total. The van der Waals surface area contributed by atoms with Gasteiger partial charge in [0.25, 0.3) is 6.47 Å². The van der Waals surface area contributed by atoms with Gasteiger partial charge in [0.15, 0.2) is 9.84 Å². The number of sulfone groups is 1. The molecule has 0 radical (unpaired) electrons. The Morgan fingerprint density at radius 3 is 2.05 bits per heavy atom. The second-order valence-electron chi connectivity index (χ2n) is 11.5. The molecule has 0 bridgehead atoms. The van der Waals surface area contributed by atoms with Crippen molar-refractivity contribution in [1.82, 2.24) is 4.90 Å². The highest BCUT2D eigenvalue weighted by Crippen LogP contribution is 2.57. The van der Waals surface area contributed by atoms with Crippen LogP contribution in [0.15, 0.2) is 47.4 Å². The van der Waals surface area contributed by atoms with Crippen molar-refractivity contribution in [2.24, 2.45) is 5.92 Å². The van der Waals surface area contributed by atoms with Gasteiger partial charge in [-0.3, -0.25) is 9.59 Å². The lowest BCUT2D eigenvalue weighted by atomic mass is 9.76. The molecule has 14 heteroatoms. The number of amides is 1. The van der Waals surface area contributed by atoms with Crippen LogP contribution in [-0.2, 0) is 36.3 Å². The van der Waals surface area contributed by atoms with Crippen LogP contribution in [0.5, 0.6) is 0 Å². The predicted octanol–water partition coefficient (Wildman–Crippen LogP) is 6.78. The first-order chi connectivity index (χ1) is 20.5. The fourth-order valence-electron chi connectivity index (χ4n) is 7.01. The summed E-state index contributed by atoms with van der Waals surface area (Å²) in [6.45, 7) is 1.59. The van der Waals surface area contributed by atoms with Crippen molar-refractivity contribution in [3.05, 3.63) is 64.7 Å². The summed E-state index contributed by atoms with van der Waals surface area (Å²) in [5, 5.41) is 6.89. The van der Waals surface area contributed by atoms with Gasteiger partial charge < -0.3 is 10.0 Å². The molecule has 2 atom stereocenters. The van der Waals surface area contributed by atoms with Crippen LogP contribution in [0.25, 0.3) is 0 Å². The molecule has 1 saturated carbocycles. The Labute approximate surface area is 250 Å². The van der Waals surface area contributed by atoms with Crippen LogP contribution in [0.1, 0.15) is 67.2 Å². The van der Waals surface area contributed by atoms with Crippen LogP contribution in [0.2, 0.25) is 0 Å². The molecular formula is C30H32F7NO5S. The quantitative estimate of drug-likeness (QED) is 0.291. The molecule has 3 aliphatic rings. The van der Waals surface area contributed by atoms with E-state index >= 15 is 0 Å². The van der Waals surface area contributed by atoms with E-state index in [-0.39, 0.29) is 60.1 Å². The number of halogens is 7. The monoisotopic (exact) mass is 651 g/mol. The van der Waals surface area contributed by atoms with Gasteiger partial charge in [0.1, 0.15) is 4.75 Å². The molecule has 2 aromatic rings. The maximum absolute atomic E-state index is 15.0. The molecule has 0 spiro atoms. The minimum atomic E-state index is -6.29. The molecular weight excluding hydrogens is 619 g/mol. The zero-order valence-electron chi connectivity index (χ0n) is 23.7. The van der Waals surface area contributed by atoms with Crippen LogP contribution in [0.3, 0.4) is 0 Å². The molecule has 2 aromatic carbocycles. The minimum absolute atomic E-state index is 0.00265. The van der Waals surface area contributed by atoms with Gasteiger partial charge in [-0.2, -0.15) is 26.3 Å². The normalized spacial score (nSPS) is 22.8. The summed E-state index contributed by atoms with van der Waals surface area (Å²) in [7, 11) is -4.32. The molecule has 2 fully saturated rings. The zero-order chi connectivity index (χ0) is 32.7. The Morgan fingerprint density at radius 2 is 1.50 bits per heavy atom. The molecule has 1 aliphatic heterocycles. The number of carboxylic acid groups (broad SMARTS) is 1. The number of rotatable bonds is 4. The van der Waals surface area contributed by atoms with Crippen LogP contribution in [0, 0.1) is 12.8 Å². The van der Waals surface area contributed by atoms with E-state index in [2.05, 4.69) is 0 Å². The summed E-state index contributed by atoms with van der Waals surface area (Å²) in [6.07, 6.45) is -8.69. The van der Waals surface area contributed by atoms with Crippen LogP contribution >= 0.6 is 0 Å². The molecule has 2 aliphatic carbocycles. The highest BCUT2D eigenvalue weighted by molar-refractivity contribution is 7.92. The summed E-state index contributed by atoms with van der Waals surface area (Å²) in [5.74, 6) is -0.441. The van der Waals surface area contributed by atoms with E-state index in [1.54, 1.807) is 24.0 Å². The van der Waals surface area contributed by atoms with Crippen molar-refractivity contribution in [3.8, 4) is 0 Å². The molecule has 242 valence electrons. The number of nitrogens with zero attached hydrogens (tertiary/aromatic N) is 1. The molecule has 5 rings (SSSR count). The van der Waals surface area contributed by atoms with E-state index in [1.807, 2.05) is 0 Å². The molecule has 1 heterocycles. The number of hydrogen-bond donors (Lipinski definition) is 1. The van der Waals surface area contributed by atoms with Crippen molar-refractivity contribution in [2.45, 2.75) is 92.0 Å². The number of carbonyl (C=O) groups excluding carboxylic acids is 1. The first kappa shape index (κ1) is 33.7. The van der Waals surface area contributed by atoms with Gasteiger partial charge in [-0.15, -0.1) is 0 Å². The van der Waals surface area contributed by atoms with Gasteiger partial charge in [0, 0.05) is 18.0 Å². The lowest BCUT2D eigenvalue weighted by Crippen LogP contribution is -2.53. The Bertz CT molecular complexity index is 1470. The third kappa shape index (κ3) is 5.36. The number of likely N-dealkylation sites (tertiary alicyclic amines) is 1. The Kier molecular flexibility index (Phi) is 9.18. The second-order valence-corrected chi connectivity index (χ2v) is 13.7. The molecule has 1 amide bonds. The third-order valence-corrected chi connectivity index (χ3v) is 11.7. The first-order valence-corrected chi connectivity index (χ1v) is 15.6. The fourth-order valence-corrected chi connectivity index (χ4v) is 9.37. The standard InChI is InChI=1S/C29H30F7NO3S.CH2O2/c1-18-7-11-22(12-8-18)41(39,40)26-15-16-37(25(38)19-5-3-2-4-6-19)24(26)14-9-20-17-21(10-13-23(20)26)27(30,28(31,32)33)29(34,35)36;2-1-3/h7-8,10-13,17,19,24H,2-6,9,14-16H2,1H3;1H,(H,2,3). The van der Waals surface area contributed by atoms with E-state index in [1.165, 1.54) is 12.1 Å². The highest BCUT2D eigenvalue weighted by atomic mass is 32.2. The SMILES string of the molecule is Cc1ccc(S(=O)(=O)C23CCN(C(=O)C4CCCCC4)C2CCc2cc(C(F)(C(F)(F)F)C(F)(F)F)ccc23)cc1.O=CO. The van der Waals surface area contributed by atoms with E-state index in [4.69, 9.17) is 9.90 Å². The van der Waals surface area contributed by atoms with Crippen molar-refractivity contribution in [3.63, 3.8) is 0 Å². The van der Waals surface area contributed by atoms with E-state index in [0.29, 0.717) is 25.0 Å². The zero-order valence-corrected chi connectivity index (χ0v) is 24.5. The number of benzene rings is 2. The number of hydrogen-bond acceptors (Lipinski definition) is 4. The Hall–Kier alpha value is -3.16. The topological polar surface area (TPSA) is 91.8 Å². The van der Waals surface area contributed by atoms with Crippen molar-refractivity contribution < 1.29 is 53.8 Å². The highest BCUT2D eigenvalue weighted by Gasteiger charge is 2.74. The van der Waals surface area contributed by atoms with Gasteiger partial charge in [0.2, 0.25) is 5.91 Å². The Morgan fingerprint density at radius 1 is 0.932 bits per heavy atom. The summed E-state index contributed by atoms with van der Waals surface area (Å²) in [5.41, 5.74) is -6.58. The fraction of sp³-hybridized carbons (Fsp3) is 0.533. The predicted molar refractivity (Wildman–Crippen MR) is 145 cm³/mol. The first-order valence-electron chi connectivity index (χ1n) is 14.1. The molecule has 44 heavy (non-hydrogen) atoms. The number of carbonyl (C=O) groups is 2. The average molecular weight is 652 g/mol. The van der Waals surface area contributed by atoms with Gasteiger partial charge in [0.05, 0.1) is 10.9 Å². The maximum Gasteiger partial charge on any atom is 0.435 e. The Balaban J connectivity index is 0.00000141. The van der Waals surface area contributed by atoms with E-state index < -0.39 is 44.2 Å². The molecule has 2 unspecified atom stereocenters. The van der Waals surface area contributed by atoms with Gasteiger partial charge in [-0.1, -0.05) is 55.2 Å². The van der Waals surface area contributed by atoms with Crippen molar-refractivity contribution in [1.29, 1.82) is 0 Å². The summed E-state index contributed by atoms with van der Waals surface area (Å²) >= 11 is 0. The van der Waals surface area contributed by atoms with Crippen LogP contribution in [0.4, 0.5) is 30.7 Å². The average Bonchev–Trinajstić information content (AvgIpc) is 3.38. The maximum atomic E-state index is 15.0. The van der Waals surface area contributed by atoms with Crippen LogP contribution < -0.4 is 0 Å². The number of aryl methyl sites for hydroxylation is 2. The smallest absolute Gasteiger partial charge is 0.435 e. The van der Waals surface area contributed by atoms with Gasteiger partial charge in [-0.05, 0) is 62.3 Å². The largest absolute Gasteiger partial charge is 0.483 e. The molecule has 0 aromatic heterocycles. The lowest BCUT2D eigenvalue weighted by Gasteiger charge is -2.43.